The molecule has 1 unspecified atom stereocenters. The van der Waals surface area contributed by atoms with Gasteiger partial charge in [-0.3, -0.25) is 13.9 Å². The van der Waals surface area contributed by atoms with Crippen molar-refractivity contribution in [2.45, 2.75) is 61.9 Å². The molecule has 3 aliphatic rings. The molecule has 1 spiro atoms. The summed E-state index contributed by atoms with van der Waals surface area (Å²) < 4.78 is 70.6. The topological polar surface area (TPSA) is 86.8 Å². The van der Waals surface area contributed by atoms with Crippen LogP contribution in [0.25, 0.3) is 0 Å². The third-order valence-corrected chi connectivity index (χ3v) is 10.9. The van der Waals surface area contributed by atoms with Crippen molar-refractivity contribution >= 4 is 27.5 Å². The van der Waals surface area contributed by atoms with E-state index in [0.29, 0.717) is 37.2 Å². The fourth-order valence-electron chi connectivity index (χ4n) is 6.83. The first kappa shape index (κ1) is 29.2. The van der Waals surface area contributed by atoms with Gasteiger partial charge in [0.15, 0.2) is 0 Å². The van der Waals surface area contributed by atoms with E-state index in [-0.39, 0.29) is 34.4 Å². The van der Waals surface area contributed by atoms with Crippen molar-refractivity contribution in [1.29, 1.82) is 0 Å². The molecule has 11 heteroatoms. The molecular weight excluding hydrogens is 579 g/mol. The molecule has 2 heterocycles. The van der Waals surface area contributed by atoms with Gasteiger partial charge in [-0.1, -0.05) is 24.3 Å². The molecule has 43 heavy (non-hydrogen) atoms. The van der Waals surface area contributed by atoms with E-state index in [1.807, 2.05) is 0 Å². The largest absolute Gasteiger partial charge is 0.348 e. The number of anilines is 1. The third-order valence-electron chi connectivity index (χ3n) is 9.12. The molecule has 226 valence electrons. The molecule has 2 fully saturated rings. The molecule has 3 aromatic carbocycles. The van der Waals surface area contributed by atoms with Crippen LogP contribution in [0.5, 0.6) is 0 Å². The predicted molar refractivity (Wildman–Crippen MR) is 155 cm³/mol. The maximum Gasteiger partial charge on any atom is 0.264 e. The van der Waals surface area contributed by atoms with Crippen LogP contribution in [0.3, 0.4) is 0 Å². The molecule has 7 nitrogen and oxygen atoms in total. The van der Waals surface area contributed by atoms with Gasteiger partial charge in [0.2, 0.25) is 5.91 Å². The lowest BCUT2D eigenvalue weighted by Gasteiger charge is -2.45. The molecule has 2 amide bonds. The zero-order chi connectivity index (χ0) is 30.5. The number of sulfonamides is 1. The van der Waals surface area contributed by atoms with Gasteiger partial charge >= 0.3 is 0 Å². The molecule has 0 radical (unpaired) electrons. The van der Waals surface area contributed by atoms with E-state index in [4.69, 9.17) is 0 Å². The number of nitrogens with zero attached hydrogens (tertiary/aromatic N) is 2. The van der Waals surface area contributed by atoms with Crippen molar-refractivity contribution in [3.63, 3.8) is 0 Å². The Balaban J connectivity index is 1.40. The van der Waals surface area contributed by atoms with Crippen molar-refractivity contribution in [3.05, 3.63) is 94.8 Å². The number of carbonyl (C=O) groups excluding carboxylic acids is 2. The van der Waals surface area contributed by atoms with E-state index in [1.54, 1.807) is 35.2 Å². The Kier molecular flexibility index (Phi) is 7.48. The molecule has 6 rings (SSSR count). The molecule has 1 saturated carbocycles. The minimum absolute atomic E-state index is 0.0248. The van der Waals surface area contributed by atoms with Crippen molar-refractivity contribution in [2.75, 3.05) is 17.4 Å². The summed E-state index contributed by atoms with van der Waals surface area (Å²) in [7, 11) is -4.11. The second-order valence-electron chi connectivity index (χ2n) is 11.6. The fourth-order valence-corrected chi connectivity index (χ4v) is 8.63. The van der Waals surface area contributed by atoms with E-state index >= 15 is 0 Å². The summed E-state index contributed by atoms with van der Waals surface area (Å²) in [6.45, 7) is 2.32. The molecule has 2 aliphatic heterocycles. The minimum atomic E-state index is -4.11. The number of piperidine rings is 1. The second kappa shape index (κ2) is 11.0. The van der Waals surface area contributed by atoms with Gasteiger partial charge in [-0.15, -0.1) is 0 Å². The van der Waals surface area contributed by atoms with Crippen LogP contribution in [0.15, 0.2) is 71.6 Å². The minimum Gasteiger partial charge on any atom is -0.348 e. The van der Waals surface area contributed by atoms with Crippen molar-refractivity contribution in [3.8, 4) is 0 Å². The van der Waals surface area contributed by atoms with Gasteiger partial charge in [0, 0.05) is 43.1 Å². The SMILES string of the molecule is CC(=O)N1CCC2(CC1)c1cc(C(=O)NCc3ccccc3C(F)F)ccc1N(S(=O)(=O)c1ccc(F)cc1)C2C1CC1. The summed E-state index contributed by atoms with van der Waals surface area (Å²) in [5.41, 5.74) is 0.995. The molecule has 0 bridgehead atoms. The first-order valence-corrected chi connectivity index (χ1v) is 15.8. The van der Waals surface area contributed by atoms with Crippen LogP contribution in [0.4, 0.5) is 18.9 Å². The summed E-state index contributed by atoms with van der Waals surface area (Å²) >= 11 is 0. The number of hydrogen-bond acceptors (Lipinski definition) is 4. The Bertz CT molecular complexity index is 1670. The zero-order valence-corrected chi connectivity index (χ0v) is 24.4. The number of carbonyl (C=O) groups is 2. The van der Waals surface area contributed by atoms with Crippen LogP contribution >= 0.6 is 0 Å². The van der Waals surface area contributed by atoms with Crippen LogP contribution in [0.2, 0.25) is 0 Å². The third kappa shape index (κ3) is 5.17. The highest BCUT2D eigenvalue weighted by Crippen LogP contribution is 2.59. The molecule has 0 aromatic heterocycles. The normalized spacial score (nSPS) is 19.5. The molecular formula is C32H32F3N3O4S. The highest BCUT2D eigenvalue weighted by Gasteiger charge is 2.60. The fraction of sp³-hybridized carbons (Fsp3) is 0.375. The Morgan fingerprint density at radius 1 is 1.00 bits per heavy atom. The lowest BCUT2D eigenvalue weighted by Crippen LogP contribution is -2.54. The number of benzene rings is 3. The Hall–Kier alpha value is -3.86. The predicted octanol–water partition coefficient (Wildman–Crippen LogP) is 5.56. The van der Waals surface area contributed by atoms with E-state index < -0.39 is 39.6 Å². The lowest BCUT2D eigenvalue weighted by molar-refractivity contribution is -0.130. The Morgan fingerprint density at radius 3 is 2.30 bits per heavy atom. The Morgan fingerprint density at radius 2 is 1.67 bits per heavy atom. The van der Waals surface area contributed by atoms with Crippen molar-refractivity contribution in [2.24, 2.45) is 5.92 Å². The van der Waals surface area contributed by atoms with E-state index in [1.165, 1.54) is 35.5 Å². The standard InChI is InChI=1S/C32H32F3N3O4S/c1-20(39)37-16-14-32(15-17-37)27-18-22(31(40)36-19-23-4-2-3-5-26(23)30(34)35)8-13-28(27)38(29(32)21-6-7-21)43(41,42)25-11-9-24(33)10-12-25/h2-5,8-13,18,21,29-30H,6-7,14-17,19H2,1H3,(H,36,40). The van der Waals surface area contributed by atoms with Crippen LogP contribution in [-0.2, 0) is 26.8 Å². The smallest absolute Gasteiger partial charge is 0.264 e. The first-order valence-electron chi connectivity index (χ1n) is 14.4. The molecule has 3 aromatic rings. The van der Waals surface area contributed by atoms with Gasteiger partial charge < -0.3 is 10.2 Å². The van der Waals surface area contributed by atoms with Gasteiger partial charge in [0.25, 0.3) is 22.4 Å². The summed E-state index contributed by atoms with van der Waals surface area (Å²) in [5.74, 6) is -0.968. The Labute approximate surface area is 248 Å². The van der Waals surface area contributed by atoms with Crippen LogP contribution in [0.1, 0.15) is 66.1 Å². The summed E-state index contributed by atoms with van der Waals surface area (Å²) in [6.07, 6.45) is 0.0560. The van der Waals surface area contributed by atoms with E-state index in [0.717, 1.165) is 30.5 Å². The maximum atomic E-state index is 14.2. The summed E-state index contributed by atoms with van der Waals surface area (Å²) in [6, 6.07) is 15.3. The van der Waals surface area contributed by atoms with Gasteiger partial charge in [0.05, 0.1) is 16.6 Å². The van der Waals surface area contributed by atoms with Gasteiger partial charge in [-0.2, -0.15) is 0 Å². The van der Waals surface area contributed by atoms with Crippen molar-refractivity contribution < 1.29 is 31.2 Å². The molecule has 1 aliphatic carbocycles. The van der Waals surface area contributed by atoms with Gasteiger partial charge in [0.1, 0.15) is 5.82 Å². The van der Waals surface area contributed by atoms with Crippen molar-refractivity contribution in [1.82, 2.24) is 10.2 Å². The highest BCUT2D eigenvalue weighted by atomic mass is 32.2. The van der Waals surface area contributed by atoms with Gasteiger partial charge in [-0.05, 0) is 85.2 Å². The number of nitrogens with one attached hydrogen (secondary N) is 1. The first-order chi connectivity index (χ1) is 20.5. The number of hydrogen-bond donors (Lipinski definition) is 1. The second-order valence-corrected chi connectivity index (χ2v) is 13.4. The summed E-state index contributed by atoms with van der Waals surface area (Å²) in [5, 5.41) is 2.74. The number of amides is 2. The molecule has 1 saturated heterocycles. The number of alkyl halides is 2. The summed E-state index contributed by atoms with van der Waals surface area (Å²) in [4.78, 5) is 27.3. The number of fused-ring (bicyclic) bond motifs is 2. The lowest BCUT2D eigenvalue weighted by atomic mass is 9.68. The number of likely N-dealkylation sites (tertiary alicyclic amines) is 1. The highest BCUT2D eigenvalue weighted by molar-refractivity contribution is 7.92. The quantitative estimate of drug-likeness (QED) is 0.379. The van der Waals surface area contributed by atoms with Crippen LogP contribution < -0.4 is 9.62 Å². The molecule has 1 N–H and O–H groups in total. The number of halogens is 3. The maximum absolute atomic E-state index is 14.2. The zero-order valence-electron chi connectivity index (χ0n) is 23.6. The average Bonchev–Trinajstić information content (AvgIpc) is 3.80. The number of rotatable bonds is 7. The van der Waals surface area contributed by atoms with E-state index in [9.17, 15) is 31.2 Å². The molecule has 1 atom stereocenters. The van der Waals surface area contributed by atoms with Gasteiger partial charge in [-0.25, -0.2) is 21.6 Å². The van der Waals surface area contributed by atoms with Crippen LogP contribution in [-0.4, -0.2) is 44.3 Å². The van der Waals surface area contributed by atoms with Crippen LogP contribution in [0, 0.1) is 11.7 Å². The van der Waals surface area contributed by atoms with E-state index in [2.05, 4.69) is 5.32 Å². The monoisotopic (exact) mass is 611 g/mol. The average molecular weight is 612 g/mol.